The first-order chi connectivity index (χ1) is 14.7. The highest BCUT2D eigenvalue weighted by Crippen LogP contribution is 2.31. The molecular weight excluding hydrogens is 378 g/mol. The number of pyridine rings is 1. The molecule has 0 unspecified atom stereocenters. The number of carbonyl (C=O) groups excluding carboxylic acids is 2. The Hall–Kier alpha value is -2.93. The molecule has 0 radical (unpaired) electrons. The zero-order valence-electron chi connectivity index (χ0n) is 17.1. The van der Waals surface area contributed by atoms with Gasteiger partial charge in [-0.25, -0.2) is 4.98 Å². The Kier molecular flexibility index (Phi) is 5.12. The Labute approximate surface area is 176 Å². The van der Waals surface area contributed by atoms with Crippen molar-refractivity contribution in [2.24, 2.45) is 0 Å². The van der Waals surface area contributed by atoms with E-state index in [1.54, 1.807) is 11.1 Å². The first-order valence-electron chi connectivity index (χ1n) is 10.8. The van der Waals surface area contributed by atoms with Gasteiger partial charge in [0.05, 0.1) is 24.3 Å². The van der Waals surface area contributed by atoms with Crippen LogP contribution in [0.5, 0.6) is 0 Å². The first kappa shape index (κ1) is 19.1. The Balaban J connectivity index is 1.40. The van der Waals surface area contributed by atoms with E-state index in [9.17, 15) is 9.59 Å². The normalized spacial score (nSPS) is 21.6. The molecule has 7 heteroatoms. The number of nitrogens with one attached hydrogen (secondary N) is 1. The average Bonchev–Trinajstić information content (AvgIpc) is 3.12. The van der Waals surface area contributed by atoms with Gasteiger partial charge < -0.3 is 15.1 Å². The summed E-state index contributed by atoms with van der Waals surface area (Å²) < 4.78 is 0. The van der Waals surface area contributed by atoms with Crippen molar-refractivity contribution in [1.82, 2.24) is 14.8 Å². The van der Waals surface area contributed by atoms with Crippen LogP contribution in [0.25, 0.3) is 0 Å². The lowest BCUT2D eigenvalue weighted by molar-refractivity contribution is -0.117. The molecule has 0 aliphatic carbocycles. The molecule has 0 saturated carbocycles. The van der Waals surface area contributed by atoms with Crippen LogP contribution in [-0.4, -0.2) is 65.4 Å². The van der Waals surface area contributed by atoms with E-state index in [0.717, 1.165) is 44.6 Å². The van der Waals surface area contributed by atoms with E-state index in [4.69, 9.17) is 0 Å². The zero-order chi connectivity index (χ0) is 20.5. The molecule has 30 heavy (non-hydrogen) atoms. The second-order valence-corrected chi connectivity index (χ2v) is 8.35. The van der Waals surface area contributed by atoms with Crippen LogP contribution in [0.3, 0.4) is 0 Å². The summed E-state index contributed by atoms with van der Waals surface area (Å²) in [5, 5.41) is 3.08. The van der Waals surface area contributed by atoms with Crippen molar-refractivity contribution in [2.75, 3.05) is 42.9 Å². The number of anilines is 2. The average molecular weight is 406 g/mol. The van der Waals surface area contributed by atoms with Gasteiger partial charge in [-0.2, -0.15) is 0 Å². The van der Waals surface area contributed by atoms with Gasteiger partial charge in [0.2, 0.25) is 5.91 Å². The molecule has 1 N–H and O–H groups in total. The molecule has 3 aliphatic heterocycles. The van der Waals surface area contributed by atoms with Gasteiger partial charge in [0.25, 0.3) is 5.91 Å². The minimum Gasteiger partial charge on any atom is -0.359 e. The first-order valence-corrected chi connectivity index (χ1v) is 10.8. The van der Waals surface area contributed by atoms with E-state index in [-0.39, 0.29) is 18.4 Å². The van der Waals surface area contributed by atoms with Crippen molar-refractivity contribution < 1.29 is 9.59 Å². The van der Waals surface area contributed by atoms with Crippen molar-refractivity contribution in [2.45, 2.75) is 31.8 Å². The number of carbonyl (C=O) groups is 2. The smallest absolute Gasteiger partial charge is 0.255 e. The van der Waals surface area contributed by atoms with E-state index in [0.29, 0.717) is 29.7 Å². The van der Waals surface area contributed by atoms with Gasteiger partial charge in [0, 0.05) is 31.9 Å². The number of aromatic nitrogens is 1. The summed E-state index contributed by atoms with van der Waals surface area (Å²) in [5.74, 6) is 0.644. The van der Waals surface area contributed by atoms with Crippen LogP contribution in [-0.2, 0) is 11.3 Å². The summed E-state index contributed by atoms with van der Waals surface area (Å²) in [6, 6.07) is 12.2. The molecule has 5 rings (SSSR count). The summed E-state index contributed by atoms with van der Waals surface area (Å²) in [6.45, 7) is 4.45. The number of rotatable bonds is 3. The van der Waals surface area contributed by atoms with E-state index < -0.39 is 0 Å². The molecule has 2 amide bonds. The topological polar surface area (TPSA) is 68.8 Å². The molecule has 4 heterocycles. The van der Waals surface area contributed by atoms with E-state index in [2.05, 4.69) is 15.2 Å². The zero-order valence-corrected chi connectivity index (χ0v) is 17.1. The van der Waals surface area contributed by atoms with Gasteiger partial charge in [-0.3, -0.25) is 14.5 Å². The predicted molar refractivity (Wildman–Crippen MR) is 115 cm³/mol. The number of hydrogen-bond donors (Lipinski definition) is 1. The molecule has 2 saturated heterocycles. The quantitative estimate of drug-likeness (QED) is 0.849. The van der Waals surface area contributed by atoms with Gasteiger partial charge in [0.1, 0.15) is 0 Å². The SMILES string of the molecule is O=C(c1cnc2c(c1)N(Cc1ccccc1)C(=O)CN2)N1CCCN2CCC[C@H]2C1. The second kappa shape index (κ2) is 8.07. The van der Waals surface area contributed by atoms with Crippen LogP contribution >= 0.6 is 0 Å². The van der Waals surface area contributed by atoms with Crippen molar-refractivity contribution in [3.05, 3.63) is 53.7 Å². The minimum atomic E-state index is -0.0193. The van der Waals surface area contributed by atoms with Gasteiger partial charge in [0.15, 0.2) is 5.82 Å². The van der Waals surface area contributed by atoms with Crippen LogP contribution < -0.4 is 10.2 Å². The standard InChI is InChI=1S/C23H27N5O2/c29-21-14-25-22-20(28(21)15-17-6-2-1-3-7-17)12-18(13-24-22)23(30)27-11-5-10-26-9-4-8-19(26)16-27/h1-3,6-7,12-13,19H,4-5,8-11,14-16H2,(H,24,25)/t19-/m0/s1. The highest BCUT2D eigenvalue weighted by atomic mass is 16.2. The molecule has 1 atom stereocenters. The van der Waals surface area contributed by atoms with Gasteiger partial charge >= 0.3 is 0 Å². The maximum absolute atomic E-state index is 13.3. The minimum absolute atomic E-state index is 0.0109. The third-order valence-electron chi connectivity index (χ3n) is 6.39. The monoisotopic (exact) mass is 405 g/mol. The van der Waals surface area contributed by atoms with Gasteiger partial charge in [-0.15, -0.1) is 0 Å². The Morgan fingerprint density at radius 2 is 1.97 bits per heavy atom. The molecule has 0 spiro atoms. The highest BCUT2D eigenvalue weighted by molar-refractivity contribution is 6.04. The van der Waals surface area contributed by atoms with Crippen LogP contribution in [0.4, 0.5) is 11.5 Å². The summed E-state index contributed by atoms with van der Waals surface area (Å²) in [6.07, 6.45) is 5.02. The largest absolute Gasteiger partial charge is 0.359 e. The lowest BCUT2D eigenvalue weighted by Gasteiger charge is -2.30. The Bertz CT molecular complexity index is 948. The Morgan fingerprint density at radius 1 is 1.13 bits per heavy atom. The van der Waals surface area contributed by atoms with Crippen LogP contribution in [0, 0.1) is 0 Å². The second-order valence-electron chi connectivity index (χ2n) is 8.35. The highest BCUT2D eigenvalue weighted by Gasteiger charge is 2.32. The third-order valence-corrected chi connectivity index (χ3v) is 6.39. The summed E-state index contributed by atoms with van der Waals surface area (Å²) in [7, 11) is 0. The van der Waals surface area contributed by atoms with Crippen molar-refractivity contribution in [1.29, 1.82) is 0 Å². The maximum atomic E-state index is 13.3. The van der Waals surface area contributed by atoms with Crippen LogP contribution in [0.2, 0.25) is 0 Å². The van der Waals surface area contributed by atoms with Crippen molar-refractivity contribution in [3.63, 3.8) is 0 Å². The number of fused-ring (bicyclic) bond motifs is 2. The van der Waals surface area contributed by atoms with E-state index in [1.165, 1.54) is 6.42 Å². The van der Waals surface area contributed by atoms with Crippen molar-refractivity contribution in [3.8, 4) is 0 Å². The van der Waals surface area contributed by atoms with Gasteiger partial charge in [-0.05, 0) is 37.4 Å². The molecule has 0 bridgehead atoms. The predicted octanol–water partition coefficient (Wildman–Crippen LogP) is 2.35. The fraction of sp³-hybridized carbons (Fsp3) is 0.435. The van der Waals surface area contributed by atoms with Crippen LogP contribution in [0.15, 0.2) is 42.6 Å². The molecule has 7 nitrogen and oxygen atoms in total. The third kappa shape index (κ3) is 3.65. The van der Waals surface area contributed by atoms with E-state index >= 15 is 0 Å². The molecule has 2 fully saturated rings. The number of benzene rings is 1. The molecule has 3 aliphatic rings. The molecule has 1 aromatic heterocycles. The maximum Gasteiger partial charge on any atom is 0.255 e. The summed E-state index contributed by atoms with van der Waals surface area (Å²) >= 11 is 0. The lowest BCUT2D eigenvalue weighted by atomic mass is 10.1. The van der Waals surface area contributed by atoms with Crippen LogP contribution in [0.1, 0.15) is 35.2 Å². The van der Waals surface area contributed by atoms with Crippen molar-refractivity contribution >= 4 is 23.3 Å². The summed E-state index contributed by atoms with van der Waals surface area (Å²) in [5.41, 5.74) is 2.28. The van der Waals surface area contributed by atoms with Gasteiger partial charge in [-0.1, -0.05) is 30.3 Å². The number of hydrogen-bond acceptors (Lipinski definition) is 5. The molecule has 1 aromatic carbocycles. The molecular formula is C23H27N5O2. The Morgan fingerprint density at radius 3 is 2.83 bits per heavy atom. The summed E-state index contributed by atoms with van der Waals surface area (Å²) in [4.78, 5) is 36.7. The fourth-order valence-corrected chi connectivity index (χ4v) is 4.81. The molecule has 156 valence electrons. The van der Waals surface area contributed by atoms with E-state index in [1.807, 2.05) is 41.3 Å². The number of amides is 2. The molecule has 2 aromatic rings. The lowest BCUT2D eigenvalue weighted by Crippen LogP contribution is -2.41. The number of nitrogens with zero attached hydrogens (tertiary/aromatic N) is 4. The fourth-order valence-electron chi connectivity index (χ4n) is 4.81.